The Hall–Kier alpha value is -1.89. The highest BCUT2D eigenvalue weighted by Crippen LogP contribution is 2.04. The quantitative estimate of drug-likeness (QED) is 0.870. The van der Waals surface area contributed by atoms with Crippen LogP contribution in [0.1, 0.15) is 5.82 Å². The third kappa shape index (κ3) is 3.30. The van der Waals surface area contributed by atoms with E-state index in [0.717, 1.165) is 4.47 Å². The van der Waals surface area contributed by atoms with E-state index in [9.17, 15) is 9.59 Å². The van der Waals surface area contributed by atoms with Crippen molar-refractivity contribution in [3.63, 3.8) is 0 Å². The summed E-state index contributed by atoms with van der Waals surface area (Å²) in [7, 11) is 0. The summed E-state index contributed by atoms with van der Waals surface area (Å²) in [4.78, 5) is 30.0. The molecule has 2 heterocycles. The predicted octanol–water partition coefficient (Wildman–Crippen LogP) is 0.650. The molecule has 0 radical (unpaired) electrons. The molecule has 0 spiro atoms. The maximum atomic E-state index is 11.6. The molecular weight excluding hydrogens is 300 g/mol. The van der Waals surface area contributed by atoms with Gasteiger partial charge in [-0.1, -0.05) is 0 Å². The van der Waals surface area contributed by atoms with Crippen molar-refractivity contribution in [2.24, 2.45) is 0 Å². The molecule has 0 fully saturated rings. The van der Waals surface area contributed by atoms with Crippen LogP contribution in [0.5, 0.6) is 0 Å². The minimum atomic E-state index is -0.244. The zero-order valence-corrected chi connectivity index (χ0v) is 11.0. The van der Waals surface area contributed by atoms with Crippen molar-refractivity contribution in [2.45, 2.75) is 13.1 Å². The summed E-state index contributed by atoms with van der Waals surface area (Å²) in [6.45, 7) is 0.299. The number of amides is 1. The molecule has 1 amide bonds. The first kappa shape index (κ1) is 12.6. The molecule has 0 bridgehead atoms. The van der Waals surface area contributed by atoms with E-state index in [1.165, 1.54) is 10.6 Å². The van der Waals surface area contributed by atoms with Crippen LogP contribution in [0.2, 0.25) is 0 Å². The van der Waals surface area contributed by atoms with Gasteiger partial charge in [0.15, 0.2) is 0 Å². The van der Waals surface area contributed by atoms with Crippen molar-refractivity contribution >= 4 is 21.8 Å². The summed E-state index contributed by atoms with van der Waals surface area (Å²) in [5.41, 5.74) is -0.216. The summed E-state index contributed by atoms with van der Waals surface area (Å²) in [6.07, 6.45) is 4.87. The van der Waals surface area contributed by atoms with E-state index >= 15 is 0 Å². The second kappa shape index (κ2) is 5.63. The van der Waals surface area contributed by atoms with E-state index < -0.39 is 0 Å². The van der Waals surface area contributed by atoms with E-state index in [1.54, 1.807) is 24.7 Å². The molecule has 94 valence electrons. The highest BCUT2D eigenvalue weighted by atomic mass is 79.9. The van der Waals surface area contributed by atoms with Gasteiger partial charge in [0.25, 0.3) is 5.56 Å². The average molecular weight is 311 g/mol. The third-order valence-corrected chi connectivity index (χ3v) is 2.74. The Kier molecular flexibility index (Phi) is 3.93. The molecule has 0 atom stereocenters. The standard InChI is InChI=1S/C11H11BrN4O2/c12-8-1-2-11(18)16(6-8)7-10(17)15-5-9-13-3-4-14-9/h1-4,6H,5,7H2,(H,13,14)(H,15,17). The first-order chi connectivity index (χ1) is 8.65. The summed E-state index contributed by atoms with van der Waals surface area (Å²) < 4.78 is 2.09. The fraction of sp³-hybridized carbons (Fsp3) is 0.182. The maximum absolute atomic E-state index is 11.6. The number of carbonyl (C=O) groups excluding carboxylic acids is 1. The largest absolute Gasteiger partial charge is 0.347 e. The monoisotopic (exact) mass is 310 g/mol. The summed E-state index contributed by atoms with van der Waals surface area (Å²) in [5.74, 6) is 0.427. The van der Waals surface area contributed by atoms with Gasteiger partial charge in [0.1, 0.15) is 12.4 Å². The molecule has 0 aromatic carbocycles. The van der Waals surface area contributed by atoms with Crippen LogP contribution in [0, 0.1) is 0 Å². The number of rotatable bonds is 4. The zero-order chi connectivity index (χ0) is 13.0. The molecule has 0 aliphatic carbocycles. The van der Waals surface area contributed by atoms with Crippen LogP contribution in [-0.4, -0.2) is 20.4 Å². The lowest BCUT2D eigenvalue weighted by atomic mass is 10.4. The zero-order valence-electron chi connectivity index (χ0n) is 9.39. The second-order valence-corrected chi connectivity index (χ2v) is 4.54. The lowest BCUT2D eigenvalue weighted by Crippen LogP contribution is -2.31. The van der Waals surface area contributed by atoms with Crippen LogP contribution in [0.3, 0.4) is 0 Å². The topological polar surface area (TPSA) is 79.8 Å². The number of imidazole rings is 1. The van der Waals surface area contributed by atoms with Crippen molar-refractivity contribution in [1.29, 1.82) is 0 Å². The molecule has 2 N–H and O–H groups in total. The Morgan fingerprint density at radius 3 is 3.06 bits per heavy atom. The lowest BCUT2D eigenvalue weighted by Gasteiger charge is -2.06. The Bertz CT molecular complexity index is 591. The molecular formula is C11H11BrN4O2. The highest BCUT2D eigenvalue weighted by Gasteiger charge is 2.05. The maximum Gasteiger partial charge on any atom is 0.251 e. The normalized spacial score (nSPS) is 10.3. The SMILES string of the molecule is O=C(Cn1cc(Br)ccc1=O)NCc1ncc[nH]1. The number of aromatic nitrogens is 3. The van der Waals surface area contributed by atoms with Gasteiger partial charge in [-0.2, -0.15) is 0 Å². The second-order valence-electron chi connectivity index (χ2n) is 3.63. The predicted molar refractivity (Wildman–Crippen MR) is 68.8 cm³/mol. The van der Waals surface area contributed by atoms with Gasteiger partial charge in [-0.25, -0.2) is 4.98 Å². The number of carbonyl (C=O) groups is 1. The molecule has 2 rings (SSSR count). The number of nitrogens with zero attached hydrogens (tertiary/aromatic N) is 2. The number of hydrogen-bond acceptors (Lipinski definition) is 3. The number of H-pyrrole nitrogens is 1. The summed E-state index contributed by atoms with van der Waals surface area (Å²) >= 11 is 3.25. The van der Waals surface area contributed by atoms with Crippen LogP contribution in [-0.2, 0) is 17.9 Å². The van der Waals surface area contributed by atoms with Crippen LogP contribution < -0.4 is 10.9 Å². The van der Waals surface area contributed by atoms with Crippen molar-refractivity contribution in [1.82, 2.24) is 19.9 Å². The molecule has 2 aromatic rings. The minimum Gasteiger partial charge on any atom is -0.347 e. The third-order valence-electron chi connectivity index (χ3n) is 2.27. The average Bonchev–Trinajstić information content (AvgIpc) is 2.84. The van der Waals surface area contributed by atoms with E-state index in [2.05, 4.69) is 31.2 Å². The molecule has 6 nitrogen and oxygen atoms in total. The smallest absolute Gasteiger partial charge is 0.251 e. The summed E-state index contributed by atoms with van der Waals surface area (Å²) in [6, 6.07) is 3.05. The molecule has 0 aliphatic heterocycles. The van der Waals surface area contributed by atoms with E-state index in [0.29, 0.717) is 12.4 Å². The van der Waals surface area contributed by atoms with Gasteiger partial charge in [-0.3, -0.25) is 9.59 Å². The molecule has 18 heavy (non-hydrogen) atoms. The Morgan fingerprint density at radius 1 is 1.50 bits per heavy atom. The number of nitrogens with one attached hydrogen (secondary N) is 2. The van der Waals surface area contributed by atoms with Gasteiger partial charge < -0.3 is 14.9 Å². The van der Waals surface area contributed by atoms with Crippen LogP contribution in [0.15, 0.2) is 40.0 Å². The molecule has 0 saturated carbocycles. The van der Waals surface area contributed by atoms with Crippen LogP contribution >= 0.6 is 15.9 Å². The number of hydrogen-bond donors (Lipinski definition) is 2. The van der Waals surface area contributed by atoms with Gasteiger partial charge in [0.05, 0.1) is 6.54 Å². The van der Waals surface area contributed by atoms with Crippen molar-refractivity contribution in [3.8, 4) is 0 Å². The fourth-order valence-corrected chi connectivity index (χ4v) is 1.79. The van der Waals surface area contributed by atoms with Crippen LogP contribution in [0.25, 0.3) is 0 Å². The Balaban J connectivity index is 1.95. The summed E-state index contributed by atoms with van der Waals surface area (Å²) in [5, 5.41) is 2.67. The Morgan fingerprint density at radius 2 is 2.33 bits per heavy atom. The number of pyridine rings is 1. The number of halogens is 1. The van der Waals surface area contributed by atoms with Crippen molar-refractivity contribution < 1.29 is 4.79 Å². The molecule has 0 saturated heterocycles. The molecule has 7 heteroatoms. The van der Waals surface area contributed by atoms with Gasteiger partial charge in [0, 0.05) is 29.1 Å². The fourth-order valence-electron chi connectivity index (χ4n) is 1.41. The Labute approximate surface area is 111 Å². The van der Waals surface area contributed by atoms with Gasteiger partial charge in [-0.15, -0.1) is 0 Å². The highest BCUT2D eigenvalue weighted by molar-refractivity contribution is 9.10. The van der Waals surface area contributed by atoms with E-state index in [4.69, 9.17) is 0 Å². The molecule has 0 aliphatic rings. The van der Waals surface area contributed by atoms with E-state index in [1.807, 2.05) is 0 Å². The van der Waals surface area contributed by atoms with Crippen molar-refractivity contribution in [2.75, 3.05) is 0 Å². The van der Waals surface area contributed by atoms with Gasteiger partial charge in [-0.05, 0) is 22.0 Å². The first-order valence-corrected chi connectivity index (χ1v) is 6.05. The minimum absolute atomic E-state index is 0.0149. The van der Waals surface area contributed by atoms with Crippen molar-refractivity contribution in [3.05, 3.63) is 51.4 Å². The lowest BCUT2D eigenvalue weighted by molar-refractivity contribution is -0.121. The molecule has 2 aromatic heterocycles. The van der Waals surface area contributed by atoms with Crippen LogP contribution in [0.4, 0.5) is 0 Å². The van der Waals surface area contributed by atoms with Gasteiger partial charge >= 0.3 is 0 Å². The van der Waals surface area contributed by atoms with E-state index in [-0.39, 0.29) is 18.0 Å². The molecule has 0 unspecified atom stereocenters. The van der Waals surface area contributed by atoms with Gasteiger partial charge in [0.2, 0.25) is 5.91 Å². The number of aromatic amines is 1. The first-order valence-electron chi connectivity index (χ1n) is 5.26.